The normalized spacial score (nSPS) is 15.9. The Bertz CT molecular complexity index is 1500. The monoisotopic (exact) mass is 534 g/mol. The molecule has 0 bridgehead atoms. The molecule has 2 heterocycles. The lowest BCUT2D eigenvalue weighted by molar-refractivity contribution is -0.137. The molecule has 0 fully saturated rings. The summed E-state index contributed by atoms with van der Waals surface area (Å²) in [6.45, 7) is 0. The summed E-state index contributed by atoms with van der Waals surface area (Å²) < 4.78 is 76.1. The van der Waals surface area contributed by atoms with Gasteiger partial charge in [0, 0.05) is 30.4 Å². The van der Waals surface area contributed by atoms with Crippen LogP contribution in [0.5, 0.6) is 5.75 Å². The summed E-state index contributed by atoms with van der Waals surface area (Å²) in [7, 11) is -2.16. The van der Waals surface area contributed by atoms with Crippen molar-refractivity contribution in [2.45, 2.75) is 36.4 Å². The van der Waals surface area contributed by atoms with E-state index in [1.54, 1.807) is 30.6 Å². The third-order valence-electron chi connectivity index (χ3n) is 6.01. The molecule has 0 unspecified atom stereocenters. The zero-order chi connectivity index (χ0) is 25.5. The molecule has 5 rings (SSSR count). The van der Waals surface area contributed by atoms with Gasteiger partial charge in [-0.1, -0.05) is 6.07 Å². The van der Waals surface area contributed by atoms with Crippen molar-refractivity contribution < 1.29 is 26.3 Å². The Morgan fingerprint density at radius 1 is 1.14 bits per heavy atom. The summed E-state index contributed by atoms with van der Waals surface area (Å²) in [5, 5.41) is 6.03. The summed E-state index contributed by atoms with van der Waals surface area (Å²) in [6.07, 6.45) is 0.122. The summed E-state index contributed by atoms with van der Waals surface area (Å²) in [5.74, 6) is 0.298. The first-order valence-corrected chi connectivity index (χ1v) is 13.4. The topological polar surface area (TPSA) is 86.1 Å². The van der Waals surface area contributed by atoms with Gasteiger partial charge in [0.05, 0.1) is 16.2 Å². The molecule has 2 aromatic heterocycles. The lowest BCUT2D eigenvalue weighted by Gasteiger charge is -2.28. The number of hydrogen-bond donors (Lipinski definition) is 1. The van der Waals surface area contributed by atoms with Crippen molar-refractivity contribution in [3.05, 3.63) is 76.9 Å². The van der Waals surface area contributed by atoms with E-state index in [1.807, 2.05) is 0 Å². The van der Waals surface area contributed by atoms with Gasteiger partial charge >= 0.3 is 6.18 Å². The van der Waals surface area contributed by atoms with E-state index in [0.717, 1.165) is 29.7 Å². The lowest BCUT2D eigenvalue weighted by Crippen LogP contribution is -2.18. The van der Waals surface area contributed by atoms with Crippen LogP contribution in [0, 0.1) is 0 Å². The largest absolute Gasteiger partial charge is 0.485 e. The minimum Gasteiger partial charge on any atom is -0.485 e. The highest BCUT2D eigenvalue weighted by molar-refractivity contribution is 7.93. The van der Waals surface area contributed by atoms with Crippen molar-refractivity contribution in [2.75, 3.05) is 4.72 Å². The third kappa shape index (κ3) is 4.82. The Labute approximate surface area is 209 Å². The molecule has 0 amide bonds. The molecule has 12 heteroatoms. The number of aromatic nitrogens is 3. The van der Waals surface area contributed by atoms with E-state index in [-0.39, 0.29) is 15.6 Å². The van der Waals surface area contributed by atoms with E-state index in [2.05, 4.69) is 14.8 Å². The predicted molar refractivity (Wildman–Crippen MR) is 129 cm³/mol. The highest BCUT2D eigenvalue weighted by Crippen LogP contribution is 2.41. The number of fused-ring (bicyclic) bond motifs is 1. The molecule has 0 aliphatic heterocycles. The van der Waals surface area contributed by atoms with Gasteiger partial charge in [0.25, 0.3) is 10.0 Å². The molecule has 188 valence electrons. The van der Waals surface area contributed by atoms with Crippen LogP contribution < -0.4 is 9.46 Å². The molecule has 0 saturated carbocycles. The van der Waals surface area contributed by atoms with E-state index in [4.69, 9.17) is 4.74 Å². The average molecular weight is 535 g/mol. The maximum atomic E-state index is 13.4. The first-order chi connectivity index (χ1) is 17.1. The van der Waals surface area contributed by atoms with Crippen molar-refractivity contribution >= 4 is 26.5 Å². The molecular weight excluding hydrogens is 513 g/mol. The van der Waals surface area contributed by atoms with Gasteiger partial charge in [-0.3, -0.25) is 9.40 Å². The van der Waals surface area contributed by atoms with Crippen LogP contribution in [0.3, 0.4) is 0 Å². The summed E-state index contributed by atoms with van der Waals surface area (Å²) in [6, 6.07) is 9.86. The predicted octanol–water partition coefficient (Wildman–Crippen LogP) is 5.82. The Hall–Kier alpha value is -3.38. The van der Waals surface area contributed by atoms with E-state index >= 15 is 0 Å². The Morgan fingerprint density at radius 2 is 1.97 bits per heavy atom. The molecule has 1 atom stereocenters. The van der Waals surface area contributed by atoms with Crippen LogP contribution in [0.4, 0.5) is 18.3 Å². The third-order valence-corrected chi connectivity index (χ3v) is 8.17. The zero-order valence-corrected chi connectivity index (χ0v) is 20.6. The van der Waals surface area contributed by atoms with Crippen molar-refractivity contribution in [1.29, 1.82) is 0 Å². The quantitative estimate of drug-likeness (QED) is 0.337. The van der Waals surface area contributed by atoms with Crippen molar-refractivity contribution in [3.8, 4) is 17.0 Å². The van der Waals surface area contributed by atoms with E-state index in [9.17, 15) is 21.6 Å². The van der Waals surface area contributed by atoms with Gasteiger partial charge in [-0.15, -0.1) is 11.3 Å². The number of hydrogen-bond acceptors (Lipinski definition) is 6. The van der Waals surface area contributed by atoms with Gasteiger partial charge in [0.15, 0.2) is 5.13 Å². The van der Waals surface area contributed by atoms with Crippen LogP contribution >= 0.6 is 11.3 Å². The number of benzene rings is 2. The number of aryl methyl sites for hydroxylation is 2. The first-order valence-electron chi connectivity index (χ1n) is 11.0. The number of alkyl halides is 3. The molecule has 1 N–H and O–H groups in total. The number of nitrogens with zero attached hydrogens (tertiary/aromatic N) is 3. The van der Waals surface area contributed by atoms with E-state index < -0.39 is 27.9 Å². The van der Waals surface area contributed by atoms with Crippen LogP contribution in [0.15, 0.2) is 65.1 Å². The van der Waals surface area contributed by atoms with Gasteiger partial charge in [-0.25, -0.2) is 13.4 Å². The van der Waals surface area contributed by atoms with E-state index in [0.29, 0.717) is 24.3 Å². The van der Waals surface area contributed by atoms with Crippen molar-refractivity contribution in [1.82, 2.24) is 14.8 Å². The SMILES string of the molecule is Cn1nccc1-c1cc(C(F)(F)F)ccc1O[C@@H]1CCCc2cc(S(=O)(=O)Nc3nccs3)ccc21. The van der Waals surface area contributed by atoms with Gasteiger partial charge in [0.1, 0.15) is 11.9 Å². The summed E-state index contributed by atoms with van der Waals surface area (Å²) in [4.78, 5) is 4.07. The van der Waals surface area contributed by atoms with Crippen molar-refractivity contribution in [3.63, 3.8) is 0 Å². The molecular formula is C24H21F3N4O3S2. The molecule has 0 saturated heterocycles. The lowest BCUT2D eigenvalue weighted by atomic mass is 9.89. The van der Waals surface area contributed by atoms with Crippen LogP contribution in [0.1, 0.15) is 35.6 Å². The average Bonchev–Trinajstić information content (AvgIpc) is 3.49. The van der Waals surface area contributed by atoms with Crippen LogP contribution in [0.2, 0.25) is 0 Å². The fourth-order valence-corrected chi connectivity index (χ4v) is 6.12. The number of thiazole rings is 1. The fraction of sp³-hybridized carbons (Fsp3) is 0.250. The van der Waals surface area contributed by atoms with Gasteiger partial charge in [0.2, 0.25) is 0 Å². The fourth-order valence-electron chi connectivity index (χ4n) is 4.28. The van der Waals surface area contributed by atoms with Crippen LogP contribution in [-0.4, -0.2) is 23.2 Å². The molecule has 2 aromatic carbocycles. The van der Waals surface area contributed by atoms with Crippen molar-refractivity contribution in [2.24, 2.45) is 7.05 Å². The Morgan fingerprint density at radius 3 is 2.67 bits per heavy atom. The van der Waals surface area contributed by atoms with E-state index in [1.165, 1.54) is 40.5 Å². The Balaban J connectivity index is 1.47. The zero-order valence-electron chi connectivity index (χ0n) is 19.0. The van der Waals surface area contributed by atoms with Crippen LogP contribution in [-0.2, 0) is 29.7 Å². The summed E-state index contributed by atoms with van der Waals surface area (Å²) >= 11 is 1.18. The second-order valence-corrected chi connectivity index (χ2v) is 10.9. The smallest absolute Gasteiger partial charge is 0.416 e. The molecule has 4 aromatic rings. The highest BCUT2D eigenvalue weighted by atomic mass is 32.2. The van der Waals surface area contributed by atoms with Gasteiger partial charge in [-0.2, -0.15) is 18.3 Å². The molecule has 36 heavy (non-hydrogen) atoms. The standard InChI is InChI=1S/C24H21F3N4O3S2/c1-31-20(9-10-29-31)19-14-16(24(25,26)27)5-8-22(19)34-21-4-2-3-15-13-17(6-7-18(15)21)36(32,33)30-23-28-11-12-35-23/h5-14,21H,2-4H2,1H3,(H,28,30)/t21-/m1/s1. The second-order valence-electron chi connectivity index (χ2n) is 8.35. The number of sulfonamides is 1. The molecule has 1 aliphatic rings. The summed E-state index contributed by atoms with van der Waals surface area (Å²) in [5.41, 5.74) is 1.62. The molecule has 7 nitrogen and oxygen atoms in total. The highest BCUT2D eigenvalue weighted by Gasteiger charge is 2.32. The van der Waals surface area contributed by atoms with Gasteiger partial charge < -0.3 is 4.74 Å². The molecule has 0 radical (unpaired) electrons. The second kappa shape index (κ2) is 9.25. The molecule has 1 aliphatic carbocycles. The minimum atomic E-state index is -4.50. The Kier molecular flexibility index (Phi) is 6.25. The number of halogens is 3. The van der Waals surface area contributed by atoms with Crippen LogP contribution in [0.25, 0.3) is 11.3 Å². The number of rotatable bonds is 6. The maximum absolute atomic E-state index is 13.4. The molecule has 0 spiro atoms. The maximum Gasteiger partial charge on any atom is 0.416 e. The first kappa shape index (κ1) is 24.3. The minimum absolute atomic E-state index is 0.113. The number of anilines is 1. The number of nitrogens with one attached hydrogen (secondary N) is 1. The van der Waals surface area contributed by atoms with Gasteiger partial charge in [-0.05, 0) is 66.8 Å². The number of ether oxygens (including phenoxy) is 1.